The van der Waals surface area contributed by atoms with Gasteiger partial charge in [0.05, 0.1) is 74.9 Å². The van der Waals surface area contributed by atoms with Gasteiger partial charge in [-0.1, -0.05) is 42.5 Å². The predicted octanol–water partition coefficient (Wildman–Crippen LogP) is 5.10. The molecule has 0 bridgehead atoms. The first kappa shape index (κ1) is 66.4. The zero-order chi connectivity index (χ0) is 62.3. The first-order chi connectivity index (χ1) is 41.4. The molecule has 0 unspecified atom stereocenters. The second-order valence-corrected chi connectivity index (χ2v) is 21.2. The topological polar surface area (TPSA) is 355 Å². The lowest BCUT2D eigenvalue weighted by atomic mass is 9.95. The van der Waals surface area contributed by atoms with E-state index in [1.807, 2.05) is 30.5 Å². The highest BCUT2D eigenvalue weighted by molar-refractivity contribution is 6.04. The van der Waals surface area contributed by atoms with Gasteiger partial charge in [0, 0.05) is 42.8 Å². The second kappa shape index (κ2) is 33.1. The van der Waals surface area contributed by atoms with Gasteiger partial charge in [0.1, 0.15) is 23.0 Å². The van der Waals surface area contributed by atoms with Crippen LogP contribution in [0, 0.1) is 0 Å². The lowest BCUT2D eigenvalue weighted by Gasteiger charge is -2.21. The van der Waals surface area contributed by atoms with E-state index < -0.39 is 47.8 Å². The van der Waals surface area contributed by atoms with Crippen LogP contribution < -0.4 is 63.6 Å². The normalized spacial score (nSPS) is 12.5. The lowest BCUT2D eigenvalue weighted by Crippen LogP contribution is -2.42. The Kier molecular flexibility index (Phi) is 25.5. The number of carbonyl (C=O) groups excluding carboxylic acids is 8. The van der Waals surface area contributed by atoms with E-state index in [1.54, 1.807) is 54.6 Å². The molecule has 458 valence electrons. The van der Waals surface area contributed by atoms with Crippen LogP contribution in [-0.2, 0) is 51.3 Å². The molecule has 4 atom stereocenters. The van der Waals surface area contributed by atoms with Crippen LogP contribution in [0.25, 0.3) is 10.9 Å². The van der Waals surface area contributed by atoms with Crippen LogP contribution in [0.3, 0.4) is 0 Å². The second-order valence-electron chi connectivity index (χ2n) is 21.2. The van der Waals surface area contributed by atoms with Gasteiger partial charge in [-0.15, -0.1) is 0 Å². The number of primary amides is 1. The van der Waals surface area contributed by atoms with Crippen LogP contribution in [0.1, 0.15) is 127 Å². The van der Waals surface area contributed by atoms with Gasteiger partial charge in [-0.3, -0.25) is 38.4 Å². The number of unbranched alkanes of at least 4 members (excludes halogenated alkanes) is 3. The monoisotopic (exact) mass is 1180 g/mol. The Bertz CT molecular complexity index is 3360. The number of ether oxygens (including phenoxy) is 4. The summed E-state index contributed by atoms with van der Waals surface area (Å²) in [7, 11) is 5.59. The molecule has 5 aromatic carbocycles. The standard InChI is InChI=1S/C65H81N9O12/c1-83-58-22-18-39(29-45(58)62(70)79)34-55(76)51(15-7-10-26-66)72-64(81)47-31-41(20-24-60(47)85-3)36-57(78)53(17-9-12-28-68)74-65(82)48-32-42(21-25-61(48)86-4)35-56(77)52(16-8-11-27-67)73-63(80)46-30-40(19-23-59(46)84-2)33-54(75)49(69)37-43-38-71-50-14-6-5-13-44(43)50/h5-6,13-14,18-25,29-32,38,49,51-53,71H,7-12,15-17,26-28,33-37,66-69H2,1-4H3,(H2,70,79)(H,72,81)(H,73,80)(H,74,82)/t49-,51-,52-,53-/m0/s1. The number of Topliss-reactive ketones (excluding diaryl/α,β-unsaturated/α-hetero) is 4. The number of carbonyl (C=O) groups is 8. The summed E-state index contributed by atoms with van der Waals surface area (Å²) < 4.78 is 22.0. The maximum Gasteiger partial charge on any atom is 0.255 e. The number of rotatable bonds is 37. The molecular formula is C65H81N9O12. The molecule has 86 heavy (non-hydrogen) atoms. The van der Waals surface area contributed by atoms with E-state index in [1.165, 1.54) is 46.6 Å². The fourth-order valence-electron chi connectivity index (χ4n) is 10.3. The van der Waals surface area contributed by atoms with Gasteiger partial charge in [0.15, 0.2) is 23.1 Å². The zero-order valence-electron chi connectivity index (χ0n) is 49.4. The molecule has 1 aromatic heterocycles. The van der Waals surface area contributed by atoms with Crippen molar-refractivity contribution in [1.82, 2.24) is 20.9 Å². The van der Waals surface area contributed by atoms with Crippen LogP contribution >= 0.6 is 0 Å². The number of aromatic nitrogens is 1. The predicted molar refractivity (Wildman–Crippen MR) is 328 cm³/mol. The van der Waals surface area contributed by atoms with Crippen molar-refractivity contribution in [2.45, 2.75) is 114 Å². The third-order valence-corrected chi connectivity index (χ3v) is 15.0. The number of fused-ring (bicyclic) bond motifs is 1. The van der Waals surface area contributed by atoms with E-state index in [9.17, 15) is 38.4 Å². The molecule has 0 saturated heterocycles. The maximum atomic E-state index is 14.4. The Labute approximate surface area is 501 Å². The van der Waals surface area contributed by atoms with Crippen molar-refractivity contribution in [3.63, 3.8) is 0 Å². The lowest BCUT2D eigenvalue weighted by molar-refractivity contribution is -0.121. The van der Waals surface area contributed by atoms with E-state index >= 15 is 0 Å². The van der Waals surface area contributed by atoms with E-state index in [0.29, 0.717) is 86.8 Å². The van der Waals surface area contributed by atoms with Gasteiger partial charge in [-0.25, -0.2) is 0 Å². The molecule has 4 amide bonds. The number of aromatic amines is 1. The molecule has 1 heterocycles. The summed E-state index contributed by atoms with van der Waals surface area (Å²) in [6.07, 6.45) is 5.59. The number of hydrogen-bond acceptors (Lipinski definition) is 16. The summed E-state index contributed by atoms with van der Waals surface area (Å²) in [6.45, 7) is 1.08. The molecule has 0 fully saturated rings. The highest BCUT2D eigenvalue weighted by Gasteiger charge is 2.29. The quantitative estimate of drug-likeness (QED) is 0.0229. The van der Waals surface area contributed by atoms with Crippen molar-refractivity contribution in [1.29, 1.82) is 0 Å². The Balaban J connectivity index is 1.16. The molecular weight excluding hydrogens is 1100 g/mol. The molecule has 0 aliphatic carbocycles. The summed E-state index contributed by atoms with van der Waals surface area (Å²) >= 11 is 0. The Hall–Kier alpha value is -8.76. The third-order valence-electron chi connectivity index (χ3n) is 15.0. The summed E-state index contributed by atoms with van der Waals surface area (Å²) in [6, 6.07) is 22.9. The first-order valence-corrected chi connectivity index (χ1v) is 28.9. The molecule has 0 aliphatic rings. The molecule has 0 saturated carbocycles. The highest BCUT2D eigenvalue weighted by Crippen LogP contribution is 2.27. The summed E-state index contributed by atoms with van der Waals surface area (Å²) in [5, 5.41) is 9.63. The molecule has 0 radical (unpaired) electrons. The minimum Gasteiger partial charge on any atom is -0.496 e. The van der Waals surface area contributed by atoms with Crippen molar-refractivity contribution < 1.29 is 57.3 Å². The number of benzene rings is 5. The smallest absolute Gasteiger partial charge is 0.255 e. The summed E-state index contributed by atoms with van der Waals surface area (Å²) in [5.41, 5.74) is 33.5. The van der Waals surface area contributed by atoms with Crippen LogP contribution in [0.2, 0.25) is 0 Å². The fraction of sp³-hybridized carbons (Fsp3) is 0.385. The van der Waals surface area contributed by atoms with Crippen LogP contribution in [0.4, 0.5) is 0 Å². The zero-order valence-corrected chi connectivity index (χ0v) is 49.4. The Morgan fingerprint density at radius 1 is 0.453 bits per heavy atom. The number of para-hydroxylation sites is 1. The fourth-order valence-corrected chi connectivity index (χ4v) is 10.3. The molecule has 6 aromatic rings. The number of nitrogens with one attached hydrogen (secondary N) is 4. The van der Waals surface area contributed by atoms with Crippen molar-refractivity contribution in [3.05, 3.63) is 153 Å². The average Bonchev–Trinajstić information content (AvgIpc) is 2.96. The molecule has 14 N–H and O–H groups in total. The van der Waals surface area contributed by atoms with Crippen LogP contribution in [0.5, 0.6) is 23.0 Å². The highest BCUT2D eigenvalue weighted by atomic mass is 16.5. The minimum atomic E-state index is -1.03. The van der Waals surface area contributed by atoms with Gasteiger partial charge in [0.25, 0.3) is 23.6 Å². The van der Waals surface area contributed by atoms with Crippen LogP contribution in [0.15, 0.2) is 103 Å². The molecule has 0 spiro atoms. The molecule has 0 aliphatic heterocycles. The summed E-state index contributed by atoms with van der Waals surface area (Å²) in [4.78, 5) is 114. The summed E-state index contributed by atoms with van der Waals surface area (Å²) in [5.74, 6) is -3.05. The minimum absolute atomic E-state index is 0.0481. The van der Waals surface area contributed by atoms with E-state index in [4.69, 9.17) is 47.6 Å². The molecule has 21 heteroatoms. The largest absolute Gasteiger partial charge is 0.496 e. The third kappa shape index (κ3) is 18.4. The van der Waals surface area contributed by atoms with Crippen molar-refractivity contribution in [3.8, 4) is 23.0 Å². The number of nitrogens with two attached hydrogens (primary N) is 5. The average molecular weight is 1180 g/mol. The number of hydrogen-bond donors (Lipinski definition) is 9. The maximum absolute atomic E-state index is 14.4. The van der Waals surface area contributed by atoms with Crippen LogP contribution in [-0.4, -0.2) is 124 Å². The molecule has 21 nitrogen and oxygen atoms in total. The SMILES string of the molecule is COc1ccc(CC(=O)[C@H](CCCCN)NC(=O)c2cc(CC(=O)[C@H](CCCCN)NC(=O)c3cc(CC(=O)[C@H](CCCCN)NC(=O)c4cc(CC(=O)[C@@H](N)Cc5c[nH]c6ccccc56)ccc4OC)ccc3OC)ccc2OC)cc1C(N)=O. The molecule has 6 rings (SSSR count). The van der Waals surface area contributed by atoms with Gasteiger partial charge in [-0.2, -0.15) is 0 Å². The van der Waals surface area contributed by atoms with Gasteiger partial charge < -0.3 is 68.6 Å². The Morgan fingerprint density at radius 3 is 1.14 bits per heavy atom. The number of H-pyrrole nitrogens is 1. The van der Waals surface area contributed by atoms with Crippen molar-refractivity contribution in [2.75, 3.05) is 48.1 Å². The number of methoxy groups -OCH3 is 4. The first-order valence-electron chi connectivity index (χ1n) is 28.9. The van der Waals surface area contributed by atoms with Crippen molar-refractivity contribution >= 4 is 57.7 Å². The number of ketones is 4. The van der Waals surface area contributed by atoms with Gasteiger partial charge >= 0.3 is 0 Å². The van der Waals surface area contributed by atoms with Gasteiger partial charge in [-0.05, 0) is 166 Å². The van der Waals surface area contributed by atoms with Gasteiger partial charge in [0.2, 0.25) is 0 Å². The van der Waals surface area contributed by atoms with Crippen molar-refractivity contribution in [2.24, 2.45) is 28.7 Å². The van der Waals surface area contributed by atoms with E-state index in [0.717, 1.165) is 16.5 Å². The van der Waals surface area contributed by atoms with E-state index in [-0.39, 0.29) is 113 Å². The Morgan fingerprint density at radius 2 is 0.791 bits per heavy atom. The number of amides is 4. The van der Waals surface area contributed by atoms with E-state index in [2.05, 4.69) is 20.9 Å².